The molecule has 0 aliphatic carbocycles. The van der Waals surface area contributed by atoms with Gasteiger partial charge in [0.2, 0.25) is 0 Å². The molecule has 7 heteroatoms. The van der Waals surface area contributed by atoms with Gasteiger partial charge in [-0.05, 0) is 62.6 Å². The number of rotatable bonds is 6. The lowest BCUT2D eigenvalue weighted by atomic mass is 10.1. The van der Waals surface area contributed by atoms with E-state index < -0.39 is 22.5 Å². The third-order valence-electron chi connectivity index (χ3n) is 4.12. The zero-order valence-corrected chi connectivity index (χ0v) is 16.3. The Bertz CT molecular complexity index is 927. The Balaban J connectivity index is 2.67. The van der Waals surface area contributed by atoms with Crippen LogP contribution in [0.1, 0.15) is 22.3 Å². The summed E-state index contributed by atoms with van der Waals surface area (Å²) in [5.74, 6) is -0.658. The van der Waals surface area contributed by atoms with Crippen molar-refractivity contribution in [2.45, 2.75) is 32.6 Å². The van der Waals surface area contributed by atoms with Gasteiger partial charge >= 0.3 is 5.97 Å². The predicted octanol–water partition coefficient (Wildman–Crippen LogP) is 3.21. The van der Waals surface area contributed by atoms with Crippen LogP contribution in [-0.2, 0) is 14.8 Å². The molecule has 0 aliphatic heterocycles. The van der Waals surface area contributed by atoms with Gasteiger partial charge in [-0.25, -0.2) is 8.42 Å². The summed E-state index contributed by atoms with van der Waals surface area (Å²) in [5.41, 5.74) is 3.44. The van der Waals surface area contributed by atoms with E-state index in [4.69, 9.17) is 4.74 Å². The highest BCUT2D eigenvalue weighted by molar-refractivity contribution is 7.92. The first-order valence-corrected chi connectivity index (χ1v) is 9.49. The second-order valence-corrected chi connectivity index (χ2v) is 8.15. The lowest BCUT2D eigenvalue weighted by Gasteiger charge is -2.26. The van der Waals surface area contributed by atoms with Gasteiger partial charge in [-0.1, -0.05) is 17.7 Å². The molecular formula is C19H23NO5S. The second-order valence-electron chi connectivity index (χ2n) is 6.28. The number of aryl methyl sites for hydroxylation is 4. The maximum absolute atomic E-state index is 13.2. The van der Waals surface area contributed by atoms with E-state index in [9.17, 15) is 18.3 Å². The van der Waals surface area contributed by atoms with Crippen LogP contribution in [-0.4, -0.2) is 33.1 Å². The normalized spacial score (nSPS) is 11.3. The van der Waals surface area contributed by atoms with Gasteiger partial charge in [0.25, 0.3) is 10.0 Å². The Morgan fingerprint density at radius 2 is 1.62 bits per heavy atom. The molecule has 140 valence electrons. The van der Waals surface area contributed by atoms with Crippen molar-refractivity contribution in [3.8, 4) is 5.75 Å². The summed E-state index contributed by atoms with van der Waals surface area (Å²) in [4.78, 5) is 11.4. The average Bonchev–Trinajstić information content (AvgIpc) is 2.52. The topological polar surface area (TPSA) is 83.9 Å². The van der Waals surface area contributed by atoms with Gasteiger partial charge in [0.05, 0.1) is 17.7 Å². The standard InChI is InChI=1S/C19H23NO5S/c1-12-8-14(3)19(15(4)9-12)20(11-18(21)22)26(23,24)16-6-7-17(25-5)13(2)10-16/h6-10H,11H2,1-5H3,(H,21,22). The molecule has 6 nitrogen and oxygen atoms in total. The molecule has 0 amide bonds. The summed E-state index contributed by atoms with van der Waals surface area (Å²) in [6.07, 6.45) is 0. The van der Waals surface area contributed by atoms with Crippen molar-refractivity contribution in [2.24, 2.45) is 0 Å². The molecule has 1 N–H and O–H groups in total. The molecule has 0 saturated heterocycles. The zero-order valence-electron chi connectivity index (χ0n) is 15.5. The van der Waals surface area contributed by atoms with Gasteiger partial charge in [-0.2, -0.15) is 0 Å². The second kappa shape index (κ2) is 7.37. The minimum absolute atomic E-state index is 0.0245. The van der Waals surface area contributed by atoms with Crippen molar-refractivity contribution >= 4 is 21.7 Å². The van der Waals surface area contributed by atoms with E-state index in [1.807, 2.05) is 19.1 Å². The molecule has 0 aromatic heterocycles. The number of sulfonamides is 1. The number of methoxy groups -OCH3 is 1. The highest BCUT2D eigenvalue weighted by atomic mass is 32.2. The largest absolute Gasteiger partial charge is 0.496 e. The van der Waals surface area contributed by atoms with E-state index in [0.717, 1.165) is 9.87 Å². The number of hydrogen-bond acceptors (Lipinski definition) is 4. The molecular weight excluding hydrogens is 354 g/mol. The van der Waals surface area contributed by atoms with Crippen LogP contribution in [0.25, 0.3) is 0 Å². The summed E-state index contributed by atoms with van der Waals surface area (Å²) in [5, 5.41) is 9.30. The van der Waals surface area contributed by atoms with E-state index in [-0.39, 0.29) is 4.90 Å². The Morgan fingerprint density at radius 1 is 1.04 bits per heavy atom. The zero-order chi connectivity index (χ0) is 19.6. The van der Waals surface area contributed by atoms with Crippen molar-refractivity contribution in [1.29, 1.82) is 0 Å². The van der Waals surface area contributed by atoms with Gasteiger partial charge in [0.1, 0.15) is 12.3 Å². The van der Waals surface area contributed by atoms with Crippen molar-refractivity contribution < 1.29 is 23.1 Å². The minimum Gasteiger partial charge on any atom is -0.496 e. The third-order valence-corrected chi connectivity index (χ3v) is 5.86. The highest BCUT2D eigenvalue weighted by Gasteiger charge is 2.29. The lowest BCUT2D eigenvalue weighted by molar-refractivity contribution is -0.135. The van der Waals surface area contributed by atoms with Gasteiger partial charge < -0.3 is 9.84 Å². The number of carboxylic acid groups (broad SMARTS) is 1. The monoisotopic (exact) mass is 377 g/mol. The smallest absolute Gasteiger partial charge is 0.324 e. The Labute approximate surface area is 154 Å². The number of ether oxygens (including phenoxy) is 1. The first-order chi connectivity index (χ1) is 12.1. The van der Waals surface area contributed by atoms with Gasteiger partial charge in [0, 0.05) is 0 Å². The molecule has 26 heavy (non-hydrogen) atoms. The van der Waals surface area contributed by atoms with E-state index in [1.165, 1.54) is 19.2 Å². The number of nitrogens with zero attached hydrogens (tertiary/aromatic N) is 1. The SMILES string of the molecule is COc1ccc(S(=O)(=O)N(CC(=O)O)c2c(C)cc(C)cc2C)cc1C. The summed E-state index contributed by atoms with van der Waals surface area (Å²) in [6, 6.07) is 8.16. The van der Waals surface area contributed by atoms with Gasteiger partial charge in [-0.15, -0.1) is 0 Å². The summed E-state index contributed by atoms with van der Waals surface area (Å²) >= 11 is 0. The Kier molecular flexibility index (Phi) is 5.61. The number of aliphatic carboxylic acids is 1. The average molecular weight is 377 g/mol. The number of hydrogen-bond donors (Lipinski definition) is 1. The third kappa shape index (κ3) is 3.83. The highest BCUT2D eigenvalue weighted by Crippen LogP contribution is 2.32. The molecule has 0 radical (unpaired) electrons. The van der Waals surface area contributed by atoms with E-state index in [1.54, 1.807) is 26.8 Å². The lowest BCUT2D eigenvalue weighted by Crippen LogP contribution is -2.36. The van der Waals surface area contributed by atoms with Crippen molar-refractivity contribution in [1.82, 2.24) is 0 Å². The first kappa shape index (κ1) is 19.8. The molecule has 0 saturated carbocycles. The van der Waals surface area contributed by atoms with Crippen LogP contribution in [0, 0.1) is 27.7 Å². The van der Waals surface area contributed by atoms with Crippen LogP contribution in [0.5, 0.6) is 5.75 Å². The number of carboxylic acids is 1. The van der Waals surface area contributed by atoms with Crippen LogP contribution in [0.4, 0.5) is 5.69 Å². The van der Waals surface area contributed by atoms with E-state index in [0.29, 0.717) is 28.1 Å². The Morgan fingerprint density at radius 3 is 2.08 bits per heavy atom. The molecule has 0 unspecified atom stereocenters. The first-order valence-electron chi connectivity index (χ1n) is 8.05. The van der Waals surface area contributed by atoms with Crippen LogP contribution in [0.15, 0.2) is 35.2 Å². The van der Waals surface area contributed by atoms with Crippen molar-refractivity contribution in [3.63, 3.8) is 0 Å². The Hall–Kier alpha value is -2.54. The number of benzene rings is 2. The predicted molar refractivity (Wildman–Crippen MR) is 101 cm³/mol. The quantitative estimate of drug-likeness (QED) is 0.836. The number of carbonyl (C=O) groups is 1. The molecule has 0 bridgehead atoms. The fourth-order valence-corrected chi connectivity index (χ4v) is 4.74. The molecule has 0 aliphatic rings. The maximum atomic E-state index is 13.2. The van der Waals surface area contributed by atoms with Crippen LogP contribution in [0.2, 0.25) is 0 Å². The summed E-state index contributed by atoms with van der Waals surface area (Å²) in [6.45, 7) is 6.55. The van der Waals surface area contributed by atoms with Gasteiger partial charge in [0.15, 0.2) is 0 Å². The molecule has 2 aromatic rings. The molecule has 2 aromatic carbocycles. The fraction of sp³-hybridized carbons (Fsp3) is 0.316. The van der Waals surface area contributed by atoms with Crippen LogP contribution in [0.3, 0.4) is 0 Å². The van der Waals surface area contributed by atoms with E-state index in [2.05, 4.69) is 0 Å². The number of anilines is 1. The molecule has 0 heterocycles. The maximum Gasteiger partial charge on any atom is 0.324 e. The molecule has 2 rings (SSSR count). The molecule has 0 fully saturated rings. The van der Waals surface area contributed by atoms with Gasteiger partial charge in [-0.3, -0.25) is 9.10 Å². The molecule has 0 spiro atoms. The van der Waals surface area contributed by atoms with Crippen molar-refractivity contribution in [3.05, 3.63) is 52.6 Å². The minimum atomic E-state index is -4.06. The summed E-state index contributed by atoms with van der Waals surface area (Å²) < 4.78 is 32.6. The van der Waals surface area contributed by atoms with Crippen LogP contribution < -0.4 is 9.04 Å². The summed E-state index contributed by atoms with van der Waals surface area (Å²) in [7, 11) is -2.55. The van der Waals surface area contributed by atoms with E-state index >= 15 is 0 Å². The molecule has 0 atom stereocenters. The van der Waals surface area contributed by atoms with Crippen LogP contribution >= 0.6 is 0 Å². The fourth-order valence-electron chi connectivity index (χ4n) is 3.11. The van der Waals surface area contributed by atoms with Crippen molar-refractivity contribution in [2.75, 3.05) is 18.0 Å².